The van der Waals surface area contributed by atoms with Crippen molar-refractivity contribution in [2.24, 2.45) is 5.41 Å². The van der Waals surface area contributed by atoms with Crippen molar-refractivity contribution in [1.29, 1.82) is 0 Å². The maximum absolute atomic E-state index is 13.0. The van der Waals surface area contributed by atoms with Gasteiger partial charge in [0.15, 0.2) is 0 Å². The first-order valence-electron chi connectivity index (χ1n) is 13.5. The number of anilines is 2. The van der Waals surface area contributed by atoms with Gasteiger partial charge in [0.25, 0.3) is 0 Å². The molecule has 3 aliphatic rings. The molecule has 2 aromatic carbocycles. The molecular weight excluding hydrogens is 508 g/mol. The number of para-hydroxylation sites is 1. The average Bonchev–Trinajstić information content (AvgIpc) is 3.88. The zero-order valence-corrected chi connectivity index (χ0v) is 21.8. The van der Waals surface area contributed by atoms with Crippen LogP contribution >= 0.6 is 0 Å². The summed E-state index contributed by atoms with van der Waals surface area (Å²) >= 11 is 0. The Labute approximate surface area is 230 Å². The van der Waals surface area contributed by atoms with Crippen LogP contribution < -0.4 is 20.1 Å². The fraction of sp³-hybridized carbons (Fsp3) is 0.290. The van der Waals surface area contributed by atoms with Crippen LogP contribution in [0.1, 0.15) is 32.1 Å². The number of aromatic nitrogens is 2. The number of pyridine rings is 2. The highest BCUT2D eigenvalue weighted by atomic mass is 16.6. The molecule has 2 aliphatic carbocycles. The Bertz CT molecular complexity index is 1580. The summed E-state index contributed by atoms with van der Waals surface area (Å²) in [6.07, 6.45) is 7.48. The predicted octanol–water partition coefficient (Wildman–Crippen LogP) is 5.48. The molecule has 2 N–H and O–H groups in total. The molecule has 4 aromatic rings. The van der Waals surface area contributed by atoms with E-state index in [9.17, 15) is 9.59 Å². The molecule has 2 amide bonds. The minimum absolute atomic E-state index is 0.0671. The lowest BCUT2D eigenvalue weighted by atomic mass is 10.1. The molecular formula is C31H28N4O5. The van der Waals surface area contributed by atoms with Gasteiger partial charge in [0.05, 0.1) is 23.9 Å². The number of fused-ring (bicyclic) bond motifs is 1. The number of benzene rings is 2. The van der Waals surface area contributed by atoms with Crippen molar-refractivity contribution in [3.8, 4) is 17.2 Å². The molecule has 1 unspecified atom stereocenters. The number of hydrogen-bond donors (Lipinski definition) is 2. The lowest BCUT2D eigenvalue weighted by molar-refractivity contribution is -0.131. The average molecular weight is 537 g/mol. The second kappa shape index (κ2) is 9.60. The Hall–Kier alpha value is -4.50. The van der Waals surface area contributed by atoms with Crippen molar-refractivity contribution in [2.45, 2.75) is 43.8 Å². The van der Waals surface area contributed by atoms with Crippen molar-refractivity contribution in [3.05, 3.63) is 79.1 Å². The van der Waals surface area contributed by atoms with Crippen LogP contribution in [-0.4, -0.2) is 40.1 Å². The van der Waals surface area contributed by atoms with Crippen LogP contribution in [0.25, 0.3) is 10.9 Å². The molecule has 3 fully saturated rings. The van der Waals surface area contributed by atoms with Gasteiger partial charge in [-0.1, -0.05) is 18.2 Å². The fourth-order valence-electron chi connectivity index (χ4n) is 5.15. The SMILES string of the molecule is O=C(Nc1ccccc1)C1(C(=O)Nc2ccc(Oc3ccnc4cc(OC5COC6(CC6)C5)ccc34)cn2)CC1. The lowest BCUT2D eigenvalue weighted by Gasteiger charge is -2.15. The van der Waals surface area contributed by atoms with E-state index in [2.05, 4.69) is 20.6 Å². The molecule has 1 saturated heterocycles. The molecule has 0 radical (unpaired) electrons. The number of rotatable bonds is 8. The van der Waals surface area contributed by atoms with E-state index in [1.54, 1.807) is 36.5 Å². The largest absolute Gasteiger partial charge is 0.488 e. The molecule has 1 atom stereocenters. The van der Waals surface area contributed by atoms with E-state index in [0.717, 1.165) is 35.9 Å². The summed E-state index contributed by atoms with van der Waals surface area (Å²) in [5.41, 5.74) is 0.419. The van der Waals surface area contributed by atoms with Crippen molar-refractivity contribution in [3.63, 3.8) is 0 Å². The Morgan fingerprint density at radius 2 is 1.68 bits per heavy atom. The van der Waals surface area contributed by atoms with Gasteiger partial charge < -0.3 is 24.8 Å². The van der Waals surface area contributed by atoms with E-state index in [0.29, 0.717) is 42.5 Å². The quantitative estimate of drug-likeness (QED) is 0.287. The molecule has 7 rings (SSSR count). The zero-order valence-electron chi connectivity index (χ0n) is 21.8. The molecule has 2 aromatic heterocycles. The summed E-state index contributed by atoms with van der Waals surface area (Å²) in [5, 5.41) is 6.45. The number of ether oxygens (including phenoxy) is 3. The molecule has 1 spiro atoms. The third-order valence-electron chi connectivity index (χ3n) is 7.82. The van der Waals surface area contributed by atoms with Gasteiger partial charge in [0, 0.05) is 29.8 Å². The van der Waals surface area contributed by atoms with Gasteiger partial charge in [-0.3, -0.25) is 14.6 Å². The number of hydrogen-bond acceptors (Lipinski definition) is 7. The van der Waals surface area contributed by atoms with Crippen molar-refractivity contribution >= 4 is 34.2 Å². The van der Waals surface area contributed by atoms with E-state index < -0.39 is 5.41 Å². The second-order valence-electron chi connectivity index (χ2n) is 10.8. The monoisotopic (exact) mass is 536 g/mol. The minimum Gasteiger partial charge on any atom is -0.488 e. The Balaban J connectivity index is 0.993. The number of nitrogens with one attached hydrogen (secondary N) is 2. The van der Waals surface area contributed by atoms with Gasteiger partial charge >= 0.3 is 0 Å². The van der Waals surface area contributed by atoms with E-state index in [1.807, 2.05) is 36.4 Å². The van der Waals surface area contributed by atoms with Crippen LogP contribution in [0.2, 0.25) is 0 Å². The summed E-state index contributed by atoms with van der Waals surface area (Å²) in [4.78, 5) is 34.6. The highest BCUT2D eigenvalue weighted by molar-refractivity contribution is 6.16. The standard InChI is InChI=1S/C31H28N4O5/c36-28(34-20-4-2-1-3-5-20)31(13-14-31)29(37)35-27-9-7-22(18-33-27)40-26-10-15-32-25-16-21(6-8-24(25)26)39-23-17-30(11-12-30)38-19-23/h1-10,15-16,18,23H,11-14,17,19H2,(H,34,36)(H,33,35,37). The third-order valence-corrected chi connectivity index (χ3v) is 7.82. The van der Waals surface area contributed by atoms with E-state index in [4.69, 9.17) is 14.2 Å². The lowest BCUT2D eigenvalue weighted by Crippen LogP contribution is -2.35. The Morgan fingerprint density at radius 1 is 0.875 bits per heavy atom. The molecule has 2 saturated carbocycles. The molecule has 1 aliphatic heterocycles. The highest BCUT2D eigenvalue weighted by Crippen LogP contribution is 2.48. The van der Waals surface area contributed by atoms with Crippen LogP contribution in [0, 0.1) is 5.41 Å². The number of amides is 2. The van der Waals surface area contributed by atoms with E-state index in [1.165, 1.54) is 6.20 Å². The van der Waals surface area contributed by atoms with E-state index >= 15 is 0 Å². The van der Waals surface area contributed by atoms with Gasteiger partial charge in [-0.15, -0.1) is 0 Å². The second-order valence-corrected chi connectivity index (χ2v) is 10.8. The number of carbonyl (C=O) groups excluding carboxylic acids is 2. The molecule has 9 nitrogen and oxygen atoms in total. The van der Waals surface area contributed by atoms with Gasteiger partial charge in [0.1, 0.15) is 34.6 Å². The summed E-state index contributed by atoms with van der Waals surface area (Å²) in [6, 6.07) is 20.1. The summed E-state index contributed by atoms with van der Waals surface area (Å²) in [6.45, 7) is 0.625. The van der Waals surface area contributed by atoms with E-state index in [-0.39, 0.29) is 23.5 Å². The molecule has 202 valence electrons. The van der Waals surface area contributed by atoms with Crippen molar-refractivity contribution < 1.29 is 23.8 Å². The topological polar surface area (TPSA) is 112 Å². The maximum atomic E-state index is 13.0. The van der Waals surface area contributed by atoms with Crippen LogP contribution in [0.5, 0.6) is 17.2 Å². The van der Waals surface area contributed by atoms with Crippen molar-refractivity contribution in [2.75, 3.05) is 17.2 Å². The van der Waals surface area contributed by atoms with Gasteiger partial charge in [-0.25, -0.2) is 4.98 Å². The highest BCUT2D eigenvalue weighted by Gasteiger charge is 2.56. The molecule has 0 bridgehead atoms. The van der Waals surface area contributed by atoms with Gasteiger partial charge in [-0.05, 0) is 68.1 Å². The zero-order chi connectivity index (χ0) is 27.2. The first-order chi connectivity index (χ1) is 19.5. The summed E-state index contributed by atoms with van der Waals surface area (Å²) in [7, 11) is 0. The normalized spacial score (nSPS) is 19.6. The first-order valence-corrected chi connectivity index (χ1v) is 13.5. The number of carbonyl (C=O) groups is 2. The van der Waals surface area contributed by atoms with Crippen LogP contribution in [0.15, 0.2) is 79.1 Å². The maximum Gasteiger partial charge on any atom is 0.241 e. The molecule has 40 heavy (non-hydrogen) atoms. The minimum atomic E-state index is -1.07. The Kier molecular flexibility index (Phi) is 5.89. The predicted molar refractivity (Wildman–Crippen MR) is 148 cm³/mol. The van der Waals surface area contributed by atoms with Crippen LogP contribution in [0.4, 0.5) is 11.5 Å². The third kappa shape index (κ3) is 4.84. The first kappa shape index (κ1) is 24.5. The van der Waals surface area contributed by atoms with Crippen LogP contribution in [0.3, 0.4) is 0 Å². The van der Waals surface area contributed by atoms with Crippen LogP contribution in [-0.2, 0) is 14.3 Å². The molecule has 9 heteroatoms. The summed E-state index contributed by atoms with van der Waals surface area (Å²) in [5.74, 6) is 1.57. The fourth-order valence-corrected chi connectivity index (χ4v) is 5.15. The van der Waals surface area contributed by atoms with Gasteiger partial charge in [0.2, 0.25) is 11.8 Å². The Morgan fingerprint density at radius 3 is 2.40 bits per heavy atom. The van der Waals surface area contributed by atoms with Gasteiger partial charge in [-0.2, -0.15) is 0 Å². The smallest absolute Gasteiger partial charge is 0.241 e. The number of nitrogens with zero attached hydrogens (tertiary/aromatic N) is 2. The van der Waals surface area contributed by atoms with Crippen molar-refractivity contribution in [1.82, 2.24) is 9.97 Å². The molecule has 3 heterocycles. The summed E-state index contributed by atoms with van der Waals surface area (Å²) < 4.78 is 18.1.